The molecule has 1 aliphatic heterocycles. The SMILES string of the molecule is CN(CC(C)(C)O)c1cc2c(cc1F)C(O)C(=O)N2. The van der Waals surface area contributed by atoms with Crippen molar-refractivity contribution in [1.82, 2.24) is 0 Å². The molecule has 1 unspecified atom stereocenters. The number of hydrogen-bond acceptors (Lipinski definition) is 4. The number of benzene rings is 1. The minimum Gasteiger partial charge on any atom is -0.389 e. The largest absolute Gasteiger partial charge is 0.389 e. The van der Waals surface area contributed by atoms with Crippen LogP contribution in [0.1, 0.15) is 25.5 Å². The van der Waals surface area contributed by atoms with Crippen molar-refractivity contribution in [3.05, 3.63) is 23.5 Å². The minimum atomic E-state index is -1.32. The number of nitrogens with zero attached hydrogens (tertiary/aromatic N) is 1. The fourth-order valence-corrected chi connectivity index (χ4v) is 2.21. The Morgan fingerprint density at radius 2 is 2.11 bits per heavy atom. The molecule has 0 bridgehead atoms. The first kappa shape index (κ1) is 13.8. The second kappa shape index (κ2) is 4.47. The van der Waals surface area contributed by atoms with Gasteiger partial charge in [0.05, 0.1) is 11.3 Å². The number of aliphatic hydroxyl groups excluding tert-OH is 1. The summed E-state index contributed by atoms with van der Waals surface area (Å²) in [5, 5.41) is 21.8. The average Bonchev–Trinajstić information content (AvgIpc) is 2.52. The van der Waals surface area contributed by atoms with Crippen molar-refractivity contribution < 1.29 is 19.4 Å². The van der Waals surface area contributed by atoms with Crippen LogP contribution in [0.15, 0.2) is 12.1 Å². The third-order valence-corrected chi connectivity index (χ3v) is 2.96. The summed E-state index contributed by atoms with van der Waals surface area (Å²) in [6, 6.07) is 2.61. The van der Waals surface area contributed by atoms with Gasteiger partial charge in [-0.15, -0.1) is 0 Å². The van der Waals surface area contributed by atoms with Gasteiger partial charge in [-0.05, 0) is 26.0 Å². The zero-order valence-electron chi connectivity index (χ0n) is 11.1. The number of carbonyl (C=O) groups excluding carboxylic acids is 1. The molecule has 6 heteroatoms. The Kier molecular flexibility index (Phi) is 3.24. The molecule has 1 amide bonds. The van der Waals surface area contributed by atoms with Gasteiger partial charge in [0.2, 0.25) is 0 Å². The molecule has 1 aromatic carbocycles. The molecule has 0 spiro atoms. The van der Waals surface area contributed by atoms with Crippen LogP contribution in [0.3, 0.4) is 0 Å². The van der Waals surface area contributed by atoms with Crippen molar-refractivity contribution in [2.75, 3.05) is 23.8 Å². The van der Waals surface area contributed by atoms with Gasteiger partial charge in [-0.3, -0.25) is 4.79 Å². The van der Waals surface area contributed by atoms with E-state index in [0.717, 1.165) is 6.07 Å². The van der Waals surface area contributed by atoms with Gasteiger partial charge in [0.15, 0.2) is 6.10 Å². The predicted octanol–water partition coefficient (Wildman–Crippen LogP) is 1.02. The van der Waals surface area contributed by atoms with Gasteiger partial charge in [0.1, 0.15) is 5.82 Å². The van der Waals surface area contributed by atoms with Crippen molar-refractivity contribution in [3.63, 3.8) is 0 Å². The van der Waals surface area contributed by atoms with Crippen molar-refractivity contribution in [2.24, 2.45) is 0 Å². The molecule has 0 fully saturated rings. The summed E-state index contributed by atoms with van der Waals surface area (Å²) in [5.41, 5.74) is -0.0714. The third kappa shape index (κ3) is 2.69. The van der Waals surface area contributed by atoms with Gasteiger partial charge in [-0.1, -0.05) is 0 Å². The molecule has 19 heavy (non-hydrogen) atoms. The van der Waals surface area contributed by atoms with Gasteiger partial charge >= 0.3 is 0 Å². The summed E-state index contributed by atoms with van der Waals surface area (Å²) >= 11 is 0. The second-order valence-electron chi connectivity index (χ2n) is 5.45. The van der Waals surface area contributed by atoms with Gasteiger partial charge in [-0.2, -0.15) is 0 Å². The number of fused-ring (bicyclic) bond motifs is 1. The standard InChI is InChI=1S/C13H17FN2O3/c1-13(2,19)6-16(3)10-5-9-7(4-8(10)14)11(17)12(18)15-9/h4-5,11,17,19H,6H2,1-3H3,(H,15,18). The third-order valence-electron chi connectivity index (χ3n) is 2.96. The van der Waals surface area contributed by atoms with E-state index in [1.165, 1.54) is 6.07 Å². The number of likely N-dealkylation sites (N-methyl/N-ethyl adjacent to an activating group) is 1. The molecule has 5 nitrogen and oxygen atoms in total. The Morgan fingerprint density at radius 1 is 1.47 bits per heavy atom. The number of rotatable bonds is 3. The summed E-state index contributed by atoms with van der Waals surface area (Å²) in [6.07, 6.45) is -1.32. The van der Waals surface area contributed by atoms with Crippen LogP contribution in [0, 0.1) is 5.82 Å². The molecule has 0 aliphatic carbocycles. The molecular formula is C13H17FN2O3. The fraction of sp³-hybridized carbons (Fsp3) is 0.462. The van der Waals surface area contributed by atoms with E-state index in [2.05, 4.69) is 5.32 Å². The fourth-order valence-electron chi connectivity index (χ4n) is 2.21. The summed E-state index contributed by atoms with van der Waals surface area (Å²) in [6.45, 7) is 3.49. The molecule has 1 aromatic rings. The zero-order valence-corrected chi connectivity index (χ0v) is 11.1. The molecule has 0 saturated heterocycles. The van der Waals surface area contributed by atoms with Crippen molar-refractivity contribution >= 4 is 17.3 Å². The zero-order chi connectivity index (χ0) is 14.4. The molecular weight excluding hydrogens is 251 g/mol. The Balaban J connectivity index is 2.34. The Labute approximate surface area is 110 Å². The molecule has 0 saturated carbocycles. The highest BCUT2D eigenvalue weighted by Crippen LogP contribution is 2.35. The number of halogens is 1. The van der Waals surface area contributed by atoms with E-state index >= 15 is 0 Å². The smallest absolute Gasteiger partial charge is 0.257 e. The Hall–Kier alpha value is -1.66. The van der Waals surface area contributed by atoms with Crippen LogP contribution in [0.4, 0.5) is 15.8 Å². The van der Waals surface area contributed by atoms with E-state index < -0.39 is 23.4 Å². The van der Waals surface area contributed by atoms with Crippen molar-refractivity contribution in [1.29, 1.82) is 0 Å². The first-order chi connectivity index (χ1) is 8.69. The number of nitrogens with one attached hydrogen (secondary N) is 1. The topological polar surface area (TPSA) is 72.8 Å². The van der Waals surface area contributed by atoms with Gasteiger partial charge in [0, 0.05) is 24.8 Å². The molecule has 104 valence electrons. The first-order valence-electron chi connectivity index (χ1n) is 5.95. The summed E-state index contributed by atoms with van der Waals surface area (Å²) < 4.78 is 14.0. The quantitative estimate of drug-likeness (QED) is 0.765. The molecule has 2 rings (SSSR count). The lowest BCUT2D eigenvalue weighted by molar-refractivity contribution is -0.123. The number of aliphatic hydroxyl groups is 2. The molecule has 1 atom stereocenters. The molecule has 1 aliphatic rings. The minimum absolute atomic E-state index is 0.235. The van der Waals surface area contributed by atoms with E-state index in [0.29, 0.717) is 5.69 Å². The van der Waals surface area contributed by atoms with Crippen LogP contribution in [-0.4, -0.2) is 35.3 Å². The number of anilines is 2. The van der Waals surface area contributed by atoms with Gasteiger partial charge in [0.25, 0.3) is 5.91 Å². The Bertz CT molecular complexity index is 525. The summed E-state index contributed by atoms with van der Waals surface area (Å²) in [4.78, 5) is 12.9. The highest BCUT2D eigenvalue weighted by atomic mass is 19.1. The lowest BCUT2D eigenvalue weighted by Gasteiger charge is -2.27. The van der Waals surface area contributed by atoms with Crippen LogP contribution < -0.4 is 10.2 Å². The highest BCUT2D eigenvalue weighted by molar-refractivity contribution is 6.02. The monoisotopic (exact) mass is 268 g/mol. The number of carbonyl (C=O) groups is 1. The molecule has 1 heterocycles. The predicted molar refractivity (Wildman–Crippen MR) is 69.6 cm³/mol. The maximum Gasteiger partial charge on any atom is 0.257 e. The second-order valence-corrected chi connectivity index (χ2v) is 5.45. The average molecular weight is 268 g/mol. The van der Waals surface area contributed by atoms with E-state index in [4.69, 9.17) is 0 Å². The van der Waals surface area contributed by atoms with Crippen molar-refractivity contribution in [3.8, 4) is 0 Å². The first-order valence-corrected chi connectivity index (χ1v) is 5.95. The highest BCUT2D eigenvalue weighted by Gasteiger charge is 2.30. The van der Waals surface area contributed by atoms with E-state index in [1.807, 2.05) is 0 Å². The van der Waals surface area contributed by atoms with Crippen LogP contribution in [0.2, 0.25) is 0 Å². The summed E-state index contributed by atoms with van der Waals surface area (Å²) in [5.74, 6) is -1.10. The van der Waals surface area contributed by atoms with Crippen LogP contribution in [-0.2, 0) is 4.79 Å². The lowest BCUT2D eigenvalue weighted by atomic mass is 10.1. The Morgan fingerprint density at radius 3 is 2.68 bits per heavy atom. The van der Waals surface area contributed by atoms with E-state index in [9.17, 15) is 19.4 Å². The maximum absolute atomic E-state index is 14.0. The molecule has 0 radical (unpaired) electrons. The molecule has 3 N–H and O–H groups in total. The normalized spacial score (nSPS) is 18.2. The lowest BCUT2D eigenvalue weighted by Crippen LogP contribution is -2.36. The van der Waals surface area contributed by atoms with Gasteiger partial charge in [-0.25, -0.2) is 4.39 Å². The van der Waals surface area contributed by atoms with Gasteiger partial charge < -0.3 is 20.4 Å². The van der Waals surface area contributed by atoms with Crippen LogP contribution >= 0.6 is 0 Å². The maximum atomic E-state index is 14.0. The molecule has 0 aromatic heterocycles. The van der Waals surface area contributed by atoms with E-state index in [-0.39, 0.29) is 17.8 Å². The number of amides is 1. The number of hydrogen-bond donors (Lipinski definition) is 3. The summed E-state index contributed by atoms with van der Waals surface area (Å²) in [7, 11) is 1.65. The van der Waals surface area contributed by atoms with Crippen LogP contribution in [0.5, 0.6) is 0 Å². The van der Waals surface area contributed by atoms with E-state index in [1.54, 1.807) is 25.8 Å². The van der Waals surface area contributed by atoms with Crippen LogP contribution in [0.25, 0.3) is 0 Å². The van der Waals surface area contributed by atoms with Crippen molar-refractivity contribution in [2.45, 2.75) is 25.6 Å².